The Bertz CT molecular complexity index is 190. The van der Waals surface area contributed by atoms with E-state index in [4.69, 9.17) is 27.9 Å². The predicted octanol–water partition coefficient (Wildman–Crippen LogP) is 4.10. The second-order valence-electron chi connectivity index (χ2n) is 4.90. The SMILES string of the molecule is ClC1CCC(OC2CCCC(Cl)C2)CC1. The molecule has 0 aromatic rings. The molecule has 2 atom stereocenters. The van der Waals surface area contributed by atoms with E-state index in [2.05, 4.69) is 0 Å². The van der Waals surface area contributed by atoms with Crippen LogP contribution in [0, 0.1) is 0 Å². The Balaban J connectivity index is 1.71. The minimum Gasteiger partial charge on any atom is -0.375 e. The molecule has 2 unspecified atom stereocenters. The molecule has 15 heavy (non-hydrogen) atoms. The number of hydrogen-bond donors (Lipinski definition) is 0. The summed E-state index contributed by atoms with van der Waals surface area (Å²) in [5.41, 5.74) is 0. The summed E-state index contributed by atoms with van der Waals surface area (Å²) in [5, 5.41) is 0.727. The van der Waals surface area contributed by atoms with E-state index < -0.39 is 0 Å². The zero-order chi connectivity index (χ0) is 10.7. The van der Waals surface area contributed by atoms with Crippen molar-refractivity contribution in [2.24, 2.45) is 0 Å². The molecule has 0 heterocycles. The van der Waals surface area contributed by atoms with Gasteiger partial charge in [-0.1, -0.05) is 0 Å². The molecule has 0 bridgehead atoms. The summed E-state index contributed by atoms with van der Waals surface area (Å²) in [7, 11) is 0. The summed E-state index contributed by atoms with van der Waals surface area (Å²) in [6, 6.07) is 0. The molecule has 2 fully saturated rings. The van der Waals surface area contributed by atoms with Crippen molar-refractivity contribution in [1.82, 2.24) is 0 Å². The van der Waals surface area contributed by atoms with Gasteiger partial charge in [0.15, 0.2) is 0 Å². The quantitative estimate of drug-likeness (QED) is 0.671. The van der Waals surface area contributed by atoms with Crippen LogP contribution in [0.15, 0.2) is 0 Å². The molecule has 2 rings (SSSR count). The zero-order valence-electron chi connectivity index (χ0n) is 9.13. The van der Waals surface area contributed by atoms with Crippen LogP contribution in [0.4, 0.5) is 0 Å². The van der Waals surface area contributed by atoms with Gasteiger partial charge in [0.25, 0.3) is 0 Å². The van der Waals surface area contributed by atoms with Gasteiger partial charge in [-0.2, -0.15) is 0 Å². The Labute approximate surface area is 102 Å². The van der Waals surface area contributed by atoms with E-state index in [-0.39, 0.29) is 0 Å². The third-order valence-corrected chi connectivity index (χ3v) is 4.38. The number of alkyl halides is 2. The summed E-state index contributed by atoms with van der Waals surface area (Å²) >= 11 is 12.2. The topological polar surface area (TPSA) is 9.23 Å². The van der Waals surface area contributed by atoms with Gasteiger partial charge in [0.1, 0.15) is 0 Å². The first-order chi connectivity index (χ1) is 7.24. The summed E-state index contributed by atoms with van der Waals surface area (Å²) in [4.78, 5) is 0. The van der Waals surface area contributed by atoms with E-state index >= 15 is 0 Å². The van der Waals surface area contributed by atoms with Crippen LogP contribution in [-0.2, 0) is 4.74 Å². The number of ether oxygens (including phenoxy) is 1. The van der Waals surface area contributed by atoms with Gasteiger partial charge in [0.2, 0.25) is 0 Å². The monoisotopic (exact) mass is 250 g/mol. The maximum Gasteiger partial charge on any atom is 0.0593 e. The first-order valence-corrected chi connectivity index (χ1v) is 7.05. The number of hydrogen-bond acceptors (Lipinski definition) is 1. The Morgan fingerprint density at radius 2 is 1.47 bits per heavy atom. The summed E-state index contributed by atoms with van der Waals surface area (Å²) in [6.45, 7) is 0. The normalized spacial score (nSPS) is 42.8. The minimum atomic E-state index is 0.341. The maximum absolute atomic E-state index is 6.15. The van der Waals surface area contributed by atoms with Crippen LogP contribution in [-0.4, -0.2) is 23.0 Å². The van der Waals surface area contributed by atoms with Crippen LogP contribution in [0.5, 0.6) is 0 Å². The van der Waals surface area contributed by atoms with Crippen LogP contribution < -0.4 is 0 Å². The van der Waals surface area contributed by atoms with Gasteiger partial charge in [-0.3, -0.25) is 0 Å². The second-order valence-corrected chi connectivity index (χ2v) is 6.13. The predicted molar refractivity (Wildman–Crippen MR) is 64.9 cm³/mol. The molecule has 0 saturated heterocycles. The highest BCUT2D eigenvalue weighted by Gasteiger charge is 2.26. The standard InChI is InChI=1S/C12H20Cl2O/c13-9-4-6-11(7-5-9)15-12-3-1-2-10(14)8-12/h9-12H,1-8H2. The first kappa shape index (κ1) is 12.0. The highest BCUT2D eigenvalue weighted by molar-refractivity contribution is 6.20. The van der Waals surface area contributed by atoms with Crippen LogP contribution in [0.3, 0.4) is 0 Å². The van der Waals surface area contributed by atoms with Crippen molar-refractivity contribution in [3.05, 3.63) is 0 Å². The van der Waals surface area contributed by atoms with Crippen LogP contribution in [0.1, 0.15) is 51.4 Å². The zero-order valence-corrected chi connectivity index (χ0v) is 10.6. The molecule has 2 aliphatic rings. The number of halogens is 2. The van der Waals surface area contributed by atoms with E-state index in [0.29, 0.717) is 23.0 Å². The molecule has 0 N–H and O–H groups in total. The van der Waals surface area contributed by atoms with Gasteiger partial charge in [0, 0.05) is 10.8 Å². The fourth-order valence-electron chi connectivity index (χ4n) is 2.64. The summed E-state index contributed by atoms with van der Waals surface area (Å²) < 4.78 is 6.11. The molecule has 0 amide bonds. The van der Waals surface area contributed by atoms with Crippen molar-refractivity contribution < 1.29 is 4.74 Å². The smallest absolute Gasteiger partial charge is 0.0593 e. The average Bonchev–Trinajstić information content (AvgIpc) is 2.22. The lowest BCUT2D eigenvalue weighted by molar-refractivity contribution is -0.0438. The number of rotatable bonds is 2. The van der Waals surface area contributed by atoms with E-state index in [0.717, 1.165) is 38.5 Å². The average molecular weight is 251 g/mol. The lowest BCUT2D eigenvalue weighted by atomic mass is 9.94. The lowest BCUT2D eigenvalue weighted by Gasteiger charge is -2.32. The van der Waals surface area contributed by atoms with Crippen molar-refractivity contribution in [2.45, 2.75) is 74.3 Å². The van der Waals surface area contributed by atoms with Crippen LogP contribution in [0.25, 0.3) is 0 Å². The minimum absolute atomic E-state index is 0.341. The van der Waals surface area contributed by atoms with Crippen molar-refractivity contribution >= 4 is 23.2 Å². The van der Waals surface area contributed by atoms with Gasteiger partial charge in [-0.05, 0) is 51.4 Å². The first-order valence-electron chi connectivity index (χ1n) is 6.17. The molecule has 0 aliphatic heterocycles. The Morgan fingerprint density at radius 3 is 2.13 bits per heavy atom. The third-order valence-electron chi connectivity index (χ3n) is 3.55. The Hall–Kier alpha value is 0.540. The molecule has 1 nitrogen and oxygen atoms in total. The molecule has 88 valence electrons. The third kappa shape index (κ3) is 3.80. The fourth-order valence-corrected chi connectivity index (χ4v) is 3.25. The lowest BCUT2D eigenvalue weighted by Crippen LogP contribution is -2.30. The fraction of sp³-hybridized carbons (Fsp3) is 1.00. The molecule has 2 saturated carbocycles. The highest BCUT2D eigenvalue weighted by Crippen LogP contribution is 2.30. The second kappa shape index (κ2) is 5.75. The van der Waals surface area contributed by atoms with Crippen molar-refractivity contribution in [3.8, 4) is 0 Å². The highest BCUT2D eigenvalue weighted by atomic mass is 35.5. The molecule has 3 heteroatoms. The largest absolute Gasteiger partial charge is 0.375 e. The van der Waals surface area contributed by atoms with Crippen molar-refractivity contribution in [1.29, 1.82) is 0 Å². The van der Waals surface area contributed by atoms with E-state index in [9.17, 15) is 0 Å². The van der Waals surface area contributed by atoms with Gasteiger partial charge < -0.3 is 4.74 Å². The Kier molecular flexibility index (Phi) is 4.60. The summed E-state index contributed by atoms with van der Waals surface area (Å²) in [5.74, 6) is 0. The van der Waals surface area contributed by atoms with Gasteiger partial charge in [0.05, 0.1) is 12.2 Å². The molecule has 0 aromatic heterocycles. The van der Waals surface area contributed by atoms with Gasteiger partial charge >= 0.3 is 0 Å². The molecule has 0 radical (unpaired) electrons. The van der Waals surface area contributed by atoms with Crippen LogP contribution >= 0.6 is 23.2 Å². The Morgan fingerprint density at radius 1 is 0.733 bits per heavy atom. The maximum atomic E-state index is 6.15. The molecule has 0 spiro atoms. The van der Waals surface area contributed by atoms with Gasteiger partial charge in [-0.15, -0.1) is 23.2 Å². The molecule has 0 aromatic carbocycles. The van der Waals surface area contributed by atoms with Gasteiger partial charge in [-0.25, -0.2) is 0 Å². The van der Waals surface area contributed by atoms with E-state index in [1.165, 1.54) is 12.8 Å². The van der Waals surface area contributed by atoms with E-state index in [1.54, 1.807) is 0 Å². The van der Waals surface area contributed by atoms with E-state index in [1.807, 2.05) is 0 Å². The summed E-state index contributed by atoms with van der Waals surface area (Å²) in [6.07, 6.45) is 10.00. The van der Waals surface area contributed by atoms with Crippen molar-refractivity contribution in [3.63, 3.8) is 0 Å². The molecular formula is C12H20Cl2O. The molecular weight excluding hydrogens is 231 g/mol. The molecule has 2 aliphatic carbocycles. The van der Waals surface area contributed by atoms with Crippen LogP contribution in [0.2, 0.25) is 0 Å². The van der Waals surface area contributed by atoms with Crippen molar-refractivity contribution in [2.75, 3.05) is 0 Å².